The number of nitrogens with one attached hydrogen (secondary N) is 1. The Morgan fingerprint density at radius 1 is 1.26 bits per heavy atom. The number of halogens is 1. The van der Waals surface area contributed by atoms with Crippen LogP contribution in [-0.2, 0) is 11.3 Å². The summed E-state index contributed by atoms with van der Waals surface area (Å²) in [7, 11) is 1.66. The fourth-order valence-corrected chi connectivity index (χ4v) is 3.08. The van der Waals surface area contributed by atoms with Gasteiger partial charge in [-0.2, -0.15) is 0 Å². The van der Waals surface area contributed by atoms with Gasteiger partial charge in [0.2, 0.25) is 0 Å². The Morgan fingerprint density at radius 2 is 2.04 bits per heavy atom. The first-order valence-electron chi connectivity index (χ1n) is 8.24. The van der Waals surface area contributed by atoms with Gasteiger partial charge in [-0.15, -0.1) is 0 Å². The van der Waals surface area contributed by atoms with Crippen LogP contribution < -0.4 is 14.8 Å². The van der Waals surface area contributed by atoms with Crippen molar-refractivity contribution in [2.24, 2.45) is 0 Å². The van der Waals surface area contributed by atoms with E-state index < -0.39 is 0 Å². The lowest BCUT2D eigenvalue weighted by Gasteiger charge is -2.26. The second-order valence-electron chi connectivity index (χ2n) is 5.51. The summed E-state index contributed by atoms with van der Waals surface area (Å²) in [6.45, 7) is 9.40. The predicted molar refractivity (Wildman–Crippen MR) is 95.4 cm³/mol. The van der Waals surface area contributed by atoms with E-state index in [0.29, 0.717) is 6.61 Å². The second-order valence-corrected chi connectivity index (χ2v) is 6.37. The van der Waals surface area contributed by atoms with E-state index in [4.69, 9.17) is 14.2 Å². The molecule has 0 aliphatic carbocycles. The number of benzene rings is 1. The van der Waals surface area contributed by atoms with Gasteiger partial charge in [0.05, 0.1) is 26.9 Å². The summed E-state index contributed by atoms with van der Waals surface area (Å²) in [5.74, 6) is 1.55. The predicted octanol–water partition coefficient (Wildman–Crippen LogP) is 2.67. The van der Waals surface area contributed by atoms with E-state index in [9.17, 15) is 0 Å². The average Bonchev–Trinajstić information content (AvgIpc) is 2.58. The molecular weight excluding hydrogens is 360 g/mol. The summed E-state index contributed by atoms with van der Waals surface area (Å²) < 4.78 is 17.4. The smallest absolute Gasteiger partial charge is 0.161 e. The minimum absolute atomic E-state index is 0.629. The lowest BCUT2D eigenvalue weighted by molar-refractivity contribution is 0.0374. The second kappa shape index (κ2) is 10.1. The molecule has 0 atom stereocenters. The van der Waals surface area contributed by atoms with Crippen LogP contribution in [0.5, 0.6) is 11.5 Å². The highest BCUT2D eigenvalue weighted by Crippen LogP contribution is 2.33. The maximum absolute atomic E-state index is 5.64. The van der Waals surface area contributed by atoms with Crippen LogP contribution in [0.25, 0.3) is 0 Å². The molecule has 0 saturated carbocycles. The van der Waals surface area contributed by atoms with Gasteiger partial charge in [-0.05, 0) is 44.1 Å². The molecule has 5 nitrogen and oxygen atoms in total. The molecule has 1 heterocycles. The Labute approximate surface area is 147 Å². The first-order chi connectivity index (χ1) is 11.2. The third kappa shape index (κ3) is 5.95. The zero-order chi connectivity index (χ0) is 16.5. The maximum atomic E-state index is 5.64. The molecule has 0 spiro atoms. The normalized spacial score (nSPS) is 15.6. The molecule has 0 bridgehead atoms. The van der Waals surface area contributed by atoms with Crippen LogP contribution in [-0.4, -0.2) is 58.0 Å². The zero-order valence-electron chi connectivity index (χ0n) is 14.1. The van der Waals surface area contributed by atoms with Crippen molar-refractivity contribution < 1.29 is 14.2 Å². The molecule has 23 heavy (non-hydrogen) atoms. The van der Waals surface area contributed by atoms with Crippen molar-refractivity contribution in [1.29, 1.82) is 0 Å². The summed E-state index contributed by atoms with van der Waals surface area (Å²) in [4.78, 5) is 2.46. The van der Waals surface area contributed by atoms with Crippen molar-refractivity contribution in [3.8, 4) is 11.5 Å². The van der Waals surface area contributed by atoms with E-state index in [2.05, 4.69) is 26.1 Å². The maximum Gasteiger partial charge on any atom is 0.161 e. The summed E-state index contributed by atoms with van der Waals surface area (Å²) >= 11 is 3.61. The molecule has 1 saturated heterocycles. The van der Waals surface area contributed by atoms with Gasteiger partial charge in [0.1, 0.15) is 0 Å². The number of nitrogens with zero attached hydrogens (tertiary/aromatic N) is 1. The van der Waals surface area contributed by atoms with Crippen molar-refractivity contribution in [3.05, 3.63) is 22.2 Å². The first kappa shape index (κ1) is 18.5. The van der Waals surface area contributed by atoms with Gasteiger partial charge in [-0.1, -0.05) is 15.9 Å². The Morgan fingerprint density at radius 3 is 2.74 bits per heavy atom. The molecule has 0 aromatic heterocycles. The summed E-state index contributed by atoms with van der Waals surface area (Å²) in [5, 5.41) is 3.50. The standard InChI is InChI=1S/C17H27BrN2O3/c1-3-23-17-11-14(15(18)12-16(17)21-2)13-19-5-4-6-20-7-9-22-10-8-20/h11-12,19H,3-10,13H2,1-2H3. The van der Waals surface area contributed by atoms with E-state index in [1.54, 1.807) is 7.11 Å². The third-order valence-corrected chi connectivity index (χ3v) is 4.62. The van der Waals surface area contributed by atoms with Crippen LogP contribution in [0.15, 0.2) is 16.6 Å². The monoisotopic (exact) mass is 386 g/mol. The zero-order valence-corrected chi connectivity index (χ0v) is 15.7. The van der Waals surface area contributed by atoms with E-state index in [1.165, 1.54) is 5.56 Å². The molecule has 0 amide bonds. The van der Waals surface area contributed by atoms with Crippen LogP contribution >= 0.6 is 15.9 Å². The van der Waals surface area contributed by atoms with E-state index in [1.807, 2.05) is 19.1 Å². The Hall–Kier alpha value is -0.820. The van der Waals surface area contributed by atoms with Crippen molar-refractivity contribution in [3.63, 3.8) is 0 Å². The Balaban J connectivity index is 1.77. The summed E-state index contributed by atoms with van der Waals surface area (Å²) in [6, 6.07) is 4.01. The van der Waals surface area contributed by atoms with E-state index >= 15 is 0 Å². The minimum atomic E-state index is 0.629. The summed E-state index contributed by atoms with van der Waals surface area (Å²) in [5.41, 5.74) is 1.18. The molecule has 1 aliphatic heterocycles. The van der Waals surface area contributed by atoms with Crippen molar-refractivity contribution in [1.82, 2.24) is 10.2 Å². The topological polar surface area (TPSA) is 43.0 Å². The number of methoxy groups -OCH3 is 1. The van der Waals surface area contributed by atoms with Gasteiger partial charge in [0.15, 0.2) is 11.5 Å². The van der Waals surface area contributed by atoms with E-state index in [-0.39, 0.29) is 0 Å². The van der Waals surface area contributed by atoms with Gasteiger partial charge in [0, 0.05) is 24.1 Å². The van der Waals surface area contributed by atoms with Crippen molar-refractivity contribution in [2.45, 2.75) is 19.9 Å². The molecule has 1 N–H and O–H groups in total. The highest BCUT2D eigenvalue weighted by atomic mass is 79.9. The molecule has 0 unspecified atom stereocenters. The fraction of sp³-hybridized carbons (Fsp3) is 0.647. The van der Waals surface area contributed by atoms with Crippen LogP contribution in [0.4, 0.5) is 0 Å². The van der Waals surface area contributed by atoms with Crippen LogP contribution in [0.2, 0.25) is 0 Å². The average molecular weight is 387 g/mol. The van der Waals surface area contributed by atoms with E-state index in [0.717, 1.165) is 68.3 Å². The number of hydrogen-bond acceptors (Lipinski definition) is 5. The molecular formula is C17H27BrN2O3. The van der Waals surface area contributed by atoms with Gasteiger partial charge in [0.25, 0.3) is 0 Å². The molecule has 0 radical (unpaired) electrons. The number of ether oxygens (including phenoxy) is 3. The summed E-state index contributed by atoms with van der Waals surface area (Å²) in [6.07, 6.45) is 1.14. The highest BCUT2D eigenvalue weighted by molar-refractivity contribution is 9.10. The molecule has 6 heteroatoms. The highest BCUT2D eigenvalue weighted by Gasteiger charge is 2.11. The molecule has 130 valence electrons. The minimum Gasteiger partial charge on any atom is -0.493 e. The molecule has 2 rings (SSSR count). The third-order valence-electron chi connectivity index (χ3n) is 3.88. The fourth-order valence-electron chi connectivity index (χ4n) is 2.62. The van der Waals surface area contributed by atoms with Crippen molar-refractivity contribution in [2.75, 3.05) is 53.1 Å². The van der Waals surface area contributed by atoms with Crippen molar-refractivity contribution >= 4 is 15.9 Å². The van der Waals surface area contributed by atoms with Gasteiger partial charge in [-0.25, -0.2) is 0 Å². The Bertz CT molecular complexity index is 479. The lowest BCUT2D eigenvalue weighted by Crippen LogP contribution is -2.37. The lowest BCUT2D eigenvalue weighted by atomic mass is 10.2. The SMILES string of the molecule is CCOc1cc(CNCCCN2CCOCC2)c(Br)cc1OC. The van der Waals surface area contributed by atoms with Crippen LogP contribution in [0.3, 0.4) is 0 Å². The quantitative estimate of drug-likeness (QED) is 0.660. The molecule has 1 aliphatic rings. The number of rotatable bonds is 9. The van der Waals surface area contributed by atoms with Crippen LogP contribution in [0, 0.1) is 0 Å². The molecule has 1 aromatic carbocycles. The number of morpholine rings is 1. The Kier molecular flexibility index (Phi) is 8.16. The largest absolute Gasteiger partial charge is 0.493 e. The van der Waals surface area contributed by atoms with Gasteiger partial charge >= 0.3 is 0 Å². The van der Waals surface area contributed by atoms with Gasteiger partial charge < -0.3 is 19.5 Å². The molecule has 1 fully saturated rings. The van der Waals surface area contributed by atoms with Crippen LogP contribution in [0.1, 0.15) is 18.9 Å². The first-order valence-corrected chi connectivity index (χ1v) is 9.04. The molecule has 1 aromatic rings. The van der Waals surface area contributed by atoms with Gasteiger partial charge in [-0.3, -0.25) is 4.90 Å². The number of hydrogen-bond donors (Lipinski definition) is 1.